The fraction of sp³-hybridized carbons (Fsp3) is 0.200. The first-order chi connectivity index (χ1) is 3.72. The molecule has 0 aliphatic rings. The van der Waals surface area contributed by atoms with Crippen LogP contribution in [0.5, 0.6) is 0 Å². The van der Waals surface area contributed by atoms with E-state index >= 15 is 0 Å². The van der Waals surface area contributed by atoms with E-state index in [1.807, 2.05) is 0 Å². The van der Waals surface area contributed by atoms with Crippen molar-refractivity contribution in [2.24, 2.45) is 0 Å². The van der Waals surface area contributed by atoms with Gasteiger partial charge in [0.1, 0.15) is 0 Å². The normalized spacial score (nSPS) is 12.1. The van der Waals surface area contributed by atoms with E-state index in [1.165, 1.54) is 6.29 Å². The van der Waals surface area contributed by atoms with Crippen LogP contribution in [0.3, 0.4) is 0 Å². The molecule has 0 amide bonds. The predicted octanol–water partition coefficient (Wildman–Crippen LogP) is 0.459. The van der Waals surface area contributed by atoms with E-state index in [0.29, 0.717) is 0 Å². The maximum Gasteiger partial charge on any atom is 0.226 e. The average molecular weight is 132 g/mol. The Kier molecular flexibility index (Phi) is 3.12. The molecule has 0 bridgehead atoms. The molecule has 1 atom stereocenters. The van der Waals surface area contributed by atoms with Gasteiger partial charge in [-0.25, -0.2) is 0 Å². The molecule has 0 fully saturated rings. The smallest absolute Gasteiger partial charge is 0.226 e. The van der Waals surface area contributed by atoms with Crippen LogP contribution in [0.1, 0.15) is 0 Å². The lowest BCUT2D eigenvalue weighted by molar-refractivity contribution is -0.113. The van der Waals surface area contributed by atoms with Crippen LogP contribution in [0, 0.1) is 0 Å². The van der Waals surface area contributed by atoms with Gasteiger partial charge >= 0.3 is 0 Å². The lowest BCUT2D eigenvalue weighted by Gasteiger charge is -1.87. The van der Waals surface area contributed by atoms with E-state index < -0.39 is 11.2 Å². The first-order valence-electron chi connectivity index (χ1n) is 1.90. The molecule has 0 N–H and O–H groups in total. The second-order valence-electron chi connectivity index (χ2n) is 1.09. The maximum atomic E-state index is 10.2. The molecule has 0 aromatic rings. The van der Waals surface area contributed by atoms with Gasteiger partial charge in [-0.2, -0.15) is 0 Å². The Labute approximate surface area is 52.1 Å². The molecule has 0 aliphatic heterocycles. The summed E-state index contributed by atoms with van der Waals surface area (Å²) in [5.41, 5.74) is 0. The molecule has 0 rings (SSSR count). The Morgan fingerprint density at radius 1 is 1.88 bits per heavy atom. The highest BCUT2D eigenvalue weighted by Crippen LogP contribution is 1.92. The van der Waals surface area contributed by atoms with E-state index in [2.05, 4.69) is 6.58 Å². The van der Waals surface area contributed by atoms with Crippen LogP contribution in [0.4, 0.5) is 0 Å². The summed E-state index contributed by atoms with van der Waals surface area (Å²) in [6.45, 7) is 3.12. The van der Waals surface area contributed by atoms with E-state index in [4.69, 9.17) is 11.6 Å². The fourth-order valence-corrected chi connectivity index (χ4v) is 0.251. The van der Waals surface area contributed by atoms with Crippen molar-refractivity contribution in [3.05, 3.63) is 12.7 Å². The van der Waals surface area contributed by atoms with Gasteiger partial charge in [0.2, 0.25) is 6.29 Å². The molecule has 0 saturated carbocycles. The van der Waals surface area contributed by atoms with E-state index in [9.17, 15) is 9.59 Å². The van der Waals surface area contributed by atoms with Gasteiger partial charge in [0.05, 0.1) is 0 Å². The summed E-state index contributed by atoms with van der Waals surface area (Å²) >= 11 is 5.07. The van der Waals surface area contributed by atoms with Crippen molar-refractivity contribution in [1.29, 1.82) is 0 Å². The Balaban J connectivity index is 3.80. The van der Waals surface area contributed by atoms with Crippen molar-refractivity contribution in [2.45, 2.75) is 5.38 Å². The Morgan fingerprint density at radius 2 is 2.38 bits per heavy atom. The highest BCUT2D eigenvalue weighted by atomic mass is 35.5. The van der Waals surface area contributed by atoms with E-state index in [0.717, 1.165) is 6.08 Å². The van der Waals surface area contributed by atoms with Crippen molar-refractivity contribution in [1.82, 2.24) is 0 Å². The van der Waals surface area contributed by atoms with Crippen molar-refractivity contribution >= 4 is 23.7 Å². The van der Waals surface area contributed by atoms with Gasteiger partial charge in [-0.3, -0.25) is 9.59 Å². The molecular weight excluding hydrogens is 128 g/mol. The quantitative estimate of drug-likeness (QED) is 0.317. The largest absolute Gasteiger partial charge is 0.293 e. The number of carbonyl (C=O) groups is 1. The van der Waals surface area contributed by atoms with Crippen LogP contribution in [0.15, 0.2) is 12.7 Å². The van der Waals surface area contributed by atoms with Crippen molar-refractivity contribution < 1.29 is 9.59 Å². The number of hydrogen-bond donors (Lipinski definition) is 0. The number of allylic oxidation sites excluding steroid dienone is 1. The number of alkyl halides is 1. The summed E-state index contributed by atoms with van der Waals surface area (Å²) in [4.78, 5) is 19.8. The second-order valence-corrected chi connectivity index (χ2v) is 1.52. The maximum absolute atomic E-state index is 10.2. The van der Waals surface area contributed by atoms with E-state index in [-0.39, 0.29) is 0 Å². The topological polar surface area (TPSA) is 34.1 Å². The molecule has 1 unspecified atom stereocenters. The average Bonchev–Trinajstić information content (AvgIpc) is 1.84. The van der Waals surface area contributed by atoms with E-state index in [1.54, 1.807) is 0 Å². The van der Waals surface area contributed by atoms with Crippen LogP contribution in [0.2, 0.25) is 0 Å². The molecule has 0 aromatic heterocycles. The zero-order chi connectivity index (χ0) is 6.57. The molecule has 0 spiro atoms. The highest BCUT2D eigenvalue weighted by Gasteiger charge is 2.09. The number of carbonyl (C=O) groups excluding carboxylic acids is 2. The summed E-state index contributed by atoms with van der Waals surface area (Å²) in [5, 5.41) is -1.17. The Morgan fingerprint density at radius 3 is 2.50 bits per heavy atom. The van der Waals surface area contributed by atoms with Crippen molar-refractivity contribution in [3.63, 3.8) is 0 Å². The van der Waals surface area contributed by atoms with Gasteiger partial charge in [0, 0.05) is 0 Å². The minimum absolute atomic E-state index is 0.512. The third-order valence-electron chi connectivity index (χ3n) is 0.554. The predicted molar refractivity (Wildman–Crippen MR) is 30.5 cm³/mol. The van der Waals surface area contributed by atoms with Gasteiger partial charge in [-0.05, 0) is 6.08 Å². The molecule has 2 nitrogen and oxygen atoms in total. The molecule has 1 radical (unpaired) electrons. The molecular formula is C5H4ClO2. The van der Waals surface area contributed by atoms with Gasteiger partial charge in [0.25, 0.3) is 0 Å². The van der Waals surface area contributed by atoms with Gasteiger partial charge in [-0.1, -0.05) is 6.58 Å². The lowest BCUT2D eigenvalue weighted by atomic mass is 10.3. The first kappa shape index (κ1) is 7.37. The van der Waals surface area contributed by atoms with Crippen LogP contribution < -0.4 is 0 Å². The molecule has 0 aromatic carbocycles. The van der Waals surface area contributed by atoms with Crippen LogP contribution in [-0.2, 0) is 9.59 Å². The summed E-state index contributed by atoms with van der Waals surface area (Å²) < 4.78 is 0. The summed E-state index contributed by atoms with van der Waals surface area (Å²) in [5.74, 6) is -0.512. The van der Waals surface area contributed by atoms with Crippen molar-refractivity contribution in [2.75, 3.05) is 0 Å². The molecule has 8 heavy (non-hydrogen) atoms. The number of halogens is 1. The summed E-state index contributed by atoms with van der Waals surface area (Å²) in [6, 6.07) is 0. The third kappa shape index (κ3) is 1.89. The number of ketones is 1. The van der Waals surface area contributed by atoms with Gasteiger partial charge in [0.15, 0.2) is 11.2 Å². The van der Waals surface area contributed by atoms with Crippen LogP contribution in [-0.4, -0.2) is 17.4 Å². The second kappa shape index (κ2) is 3.38. The summed E-state index contributed by atoms with van der Waals surface area (Å²) in [7, 11) is 0. The number of hydrogen-bond acceptors (Lipinski definition) is 2. The highest BCUT2D eigenvalue weighted by molar-refractivity contribution is 6.40. The SMILES string of the molecule is C=CC(=O)C(Cl)[C]=O. The van der Waals surface area contributed by atoms with Crippen LogP contribution in [0.25, 0.3) is 0 Å². The zero-order valence-electron chi connectivity index (χ0n) is 4.06. The molecule has 0 saturated heterocycles. The monoisotopic (exact) mass is 131 g/mol. The fourth-order valence-electron chi connectivity index (χ4n) is 0.162. The minimum Gasteiger partial charge on any atom is -0.293 e. The van der Waals surface area contributed by atoms with Crippen molar-refractivity contribution in [3.8, 4) is 0 Å². The zero-order valence-corrected chi connectivity index (χ0v) is 4.81. The lowest BCUT2D eigenvalue weighted by Crippen LogP contribution is -2.11. The molecule has 3 heteroatoms. The Hall–Kier alpha value is -0.630. The van der Waals surface area contributed by atoms with Crippen LogP contribution >= 0.6 is 11.6 Å². The van der Waals surface area contributed by atoms with Gasteiger partial charge < -0.3 is 0 Å². The first-order valence-corrected chi connectivity index (χ1v) is 2.34. The molecule has 43 valence electrons. The van der Waals surface area contributed by atoms with Gasteiger partial charge in [-0.15, -0.1) is 11.6 Å². The molecule has 0 heterocycles. The Bertz CT molecular complexity index is 120. The third-order valence-corrected chi connectivity index (χ3v) is 0.859. The minimum atomic E-state index is -1.17. The standard InChI is InChI=1S/C5H4ClO2/c1-2-5(8)4(6)3-7/h2,4H,1H2. The number of rotatable bonds is 3. The summed E-state index contributed by atoms with van der Waals surface area (Å²) in [6.07, 6.45) is 2.30. The molecule has 0 aliphatic carbocycles.